The minimum absolute atomic E-state index is 0.0292. The van der Waals surface area contributed by atoms with Gasteiger partial charge in [-0.1, -0.05) is 72.8 Å². The molecule has 3 aromatic rings. The number of likely N-dealkylation sites (tertiary alicyclic amines) is 1. The molecule has 224 valence electrons. The van der Waals surface area contributed by atoms with Crippen molar-refractivity contribution in [2.45, 2.75) is 44.9 Å². The van der Waals surface area contributed by atoms with Gasteiger partial charge in [0.25, 0.3) is 11.8 Å². The number of rotatable bonds is 10. The lowest BCUT2D eigenvalue weighted by molar-refractivity contribution is -0.141. The summed E-state index contributed by atoms with van der Waals surface area (Å²) in [7, 11) is 1.66. The van der Waals surface area contributed by atoms with Crippen LogP contribution < -0.4 is 11.1 Å². The van der Waals surface area contributed by atoms with Crippen LogP contribution >= 0.6 is 0 Å². The van der Waals surface area contributed by atoms with Crippen LogP contribution in [0.2, 0.25) is 0 Å². The van der Waals surface area contributed by atoms with Crippen LogP contribution in [-0.2, 0) is 32.9 Å². The average Bonchev–Trinajstić information content (AvgIpc) is 3.25. The third-order valence-electron chi connectivity index (χ3n) is 8.13. The number of hydrogen-bond acceptors (Lipinski definition) is 6. The van der Waals surface area contributed by atoms with Crippen LogP contribution in [0.25, 0.3) is 0 Å². The van der Waals surface area contributed by atoms with E-state index in [4.69, 9.17) is 10.5 Å². The lowest BCUT2D eigenvalue weighted by Crippen LogP contribution is -2.59. The van der Waals surface area contributed by atoms with Crippen LogP contribution in [0.1, 0.15) is 47.3 Å². The molecule has 0 saturated carbocycles. The van der Waals surface area contributed by atoms with Crippen molar-refractivity contribution >= 4 is 23.4 Å². The number of piperidine rings is 1. The Balaban J connectivity index is 1.38. The Bertz CT molecular complexity index is 1500. The van der Waals surface area contributed by atoms with Crippen LogP contribution in [0, 0.1) is 5.41 Å². The predicted octanol–water partition coefficient (Wildman–Crippen LogP) is 3.49. The van der Waals surface area contributed by atoms with Gasteiger partial charge in [0.2, 0.25) is 5.91 Å². The number of nitrogens with zero attached hydrogens (tertiary/aromatic N) is 3. The van der Waals surface area contributed by atoms with Crippen LogP contribution in [0.4, 0.5) is 0 Å². The molecule has 0 radical (unpaired) electrons. The van der Waals surface area contributed by atoms with E-state index in [1.54, 1.807) is 30.1 Å². The van der Waals surface area contributed by atoms with Gasteiger partial charge in [-0.05, 0) is 49.1 Å². The summed E-state index contributed by atoms with van der Waals surface area (Å²) >= 11 is 0. The van der Waals surface area contributed by atoms with Gasteiger partial charge in [0.15, 0.2) is 0 Å². The van der Waals surface area contributed by atoms with Gasteiger partial charge < -0.3 is 20.7 Å². The Hall–Kier alpha value is -4.34. The fraction of sp³-hybridized carbons (Fsp3) is 0.353. The first-order valence-corrected chi connectivity index (χ1v) is 14.6. The number of nitrogens with one attached hydrogen (secondary N) is 1. The van der Waals surface area contributed by atoms with Gasteiger partial charge in [-0.15, -0.1) is 0 Å². The summed E-state index contributed by atoms with van der Waals surface area (Å²) in [6.45, 7) is 4.55. The molecule has 0 aliphatic carbocycles. The molecule has 3 N–H and O–H groups in total. The quantitative estimate of drug-likeness (QED) is 0.380. The second-order valence-electron chi connectivity index (χ2n) is 12.0. The SMILES string of the molecule is CN1N=C2CCN(C(=O)C(COCc3ccccc3)NC(=O)c3cccc(C(C)(C)N)c3)CC2(Cc2ccccc2)C1=O. The second kappa shape index (κ2) is 12.5. The van der Waals surface area contributed by atoms with E-state index in [9.17, 15) is 14.4 Å². The van der Waals surface area contributed by atoms with E-state index in [0.717, 1.165) is 22.4 Å². The molecule has 0 spiro atoms. The number of hydrazone groups is 1. The van der Waals surface area contributed by atoms with Gasteiger partial charge in [-0.2, -0.15) is 5.10 Å². The molecular formula is C34H39N5O4. The molecule has 2 aliphatic heterocycles. The highest BCUT2D eigenvalue weighted by atomic mass is 16.5. The van der Waals surface area contributed by atoms with E-state index >= 15 is 0 Å². The van der Waals surface area contributed by atoms with Crippen LogP contribution in [0.3, 0.4) is 0 Å². The molecule has 43 heavy (non-hydrogen) atoms. The van der Waals surface area contributed by atoms with Gasteiger partial charge in [-0.25, -0.2) is 5.01 Å². The average molecular weight is 582 g/mol. The van der Waals surface area contributed by atoms with Crippen molar-refractivity contribution in [3.05, 3.63) is 107 Å². The summed E-state index contributed by atoms with van der Waals surface area (Å²) in [5.41, 5.74) is 8.63. The van der Waals surface area contributed by atoms with Gasteiger partial charge >= 0.3 is 0 Å². The Morgan fingerprint density at radius 3 is 2.37 bits per heavy atom. The molecule has 2 heterocycles. The summed E-state index contributed by atoms with van der Waals surface area (Å²) in [6, 6.07) is 25.5. The minimum Gasteiger partial charge on any atom is -0.374 e. The molecule has 9 nitrogen and oxygen atoms in total. The second-order valence-corrected chi connectivity index (χ2v) is 12.0. The van der Waals surface area contributed by atoms with E-state index in [0.29, 0.717) is 24.9 Å². The summed E-state index contributed by atoms with van der Waals surface area (Å²) in [4.78, 5) is 42.9. The van der Waals surface area contributed by atoms with Gasteiger partial charge in [0.05, 0.1) is 18.9 Å². The molecule has 5 rings (SSSR count). The number of fused-ring (bicyclic) bond motifs is 1. The standard InChI is InChI=1S/C34H39N5O4/c1-33(2,35)27-16-10-15-26(19-27)30(40)36-28(22-43-21-25-13-8-5-9-14-25)31(41)39-18-17-29-34(23-39,32(42)38(3)37-29)20-24-11-6-4-7-12-24/h4-16,19,28H,17-18,20-23,35H2,1-3H3,(H,36,40). The molecule has 9 heteroatoms. The maximum absolute atomic E-state index is 14.2. The number of nitrogens with two attached hydrogens (primary N) is 1. The Morgan fingerprint density at radius 1 is 1.02 bits per heavy atom. The molecule has 1 saturated heterocycles. The van der Waals surface area contributed by atoms with Crippen molar-refractivity contribution in [2.75, 3.05) is 26.7 Å². The van der Waals surface area contributed by atoms with E-state index in [1.807, 2.05) is 80.6 Å². The topological polar surface area (TPSA) is 117 Å². The third-order valence-corrected chi connectivity index (χ3v) is 8.13. The molecule has 3 amide bonds. The number of amides is 3. The number of hydrogen-bond donors (Lipinski definition) is 2. The molecule has 2 unspecified atom stereocenters. The van der Waals surface area contributed by atoms with E-state index < -0.39 is 22.9 Å². The normalized spacial score (nSPS) is 19.1. The van der Waals surface area contributed by atoms with Gasteiger partial charge in [0.1, 0.15) is 11.5 Å². The first-order chi connectivity index (χ1) is 20.6. The Labute approximate surface area is 252 Å². The smallest absolute Gasteiger partial charge is 0.256 e. The molecule has 0 bridgehead atoms. The maximum Gasteiger partial charge on any atom is 0.256 e. The number of carbonyl (C=O) groups excluding carboxylic acids is 3. The molecule has 2 atom stereocenters. The summed E-state index contributed by atoms with van der Waals surface area (Å²) in [5, 5.41) is 8.86. The largest absolute Gasteiger partial charge is 0.374 e. The van der Waals surface area contributed by atoms with Gasteiger partial charge in [0, 0.05) is 37.7 Å². The van der Waals surface area contributed by atoms with Crippen molar-refractivity contribution in [3.8, 4) is 0 Å². The van der Waals surface area contributed by atoms with Crippen LogP contribution in [-0.4, -0.2) is 66.1 Å². The lowest BCUT2D eigenvalue weighted by Gasteiger charge is -2.40. The van der Waals surface area contributed by atoms with E-state index in [1.165, 1.54) is 5.01 Å². The summed E-state index contributed by atoms with van der Waals surface area (Å²) in [5.74, 6) is -0.834. The highest BCUT2D eigenvalue weighted by Gasteiger charge is 2.53. The minimum atomic E-state index is -0.966. The first-order valence-electron chi connectivity index (χ1n) is 14.6. The zero-order valence-corrected chi connectivity index (χ0v) is 25.0. The zero-order valence-electron chi connectivity index (χ0n) is 25.0. The lowest BCUT2D eigenvalue weighted by atomic mass is 9.73. The molecule has 1 fully saturated rings. The van der Waals surface area contributed by atoms with Crippen LogP contribution in [0.15, 0.2) is 90.0 Å². The van der Waals surface area contributed by atoms with E-state index in [-0.39, 0.29) is 31.6 Å². The fourth-order valence-electron chi connectivity index (χ4n) is 5.78. The van der Waals surface area contributed by atoms with Crippen molar-refractivity contribution in [1.29, 1.82) is 0 Å². The van der Waals surface area contributed by atoms with Crippen molar-refractivity contribution in [1.82, 2.24) is 15.2 Å². The number of carbonyl (C=O) groups is 3. The number of ether oxygens (including phenoxy) is 1. The molecule has 0 aromatic heterocycles. The highest BCUT2D eigenvalue weighted by molar-refractivity contribution is 6.13. The number of benzene rings is 3. The van der Waals surface area contributed by atoms with Crippen molar-refractivity contribution in [2.24, 2.45) is 16.3 Å². The maximum atomic E-state index is 14.2. The first kappa shape index (κ1) is 30.1. The third kappa shape index (κ3) is 6.68. The molecule has 3 aromatic carbocycles. The zero-order chi connectivity index (χ0) is 30.6. The highest BCUT2D eigenvalue weighted by Crippen LogP contribution is 2.38. The monoisotopic (exact) mass is 581 g/mol. The van der Waals surface area contributed by atoms with Crippen LogP contribution in [0.5, 0.6) is 0 Å². The Kier molecular flexibility index (Phi) is 8.75. The summed E-state index contributed by atoms with van der Waals surface area (Å²) < 4.78 is 5.97. The predicted molar refractivity (Wildman–Crippen MR) is 165 cm³/mol. The van der Waals surface area contributed by atoms with Crippen molar-refractivity contribution < 1.29 is 19.1 Å². The van der Waals surface area contributed by atoms with Crippen molar-refractivity contribution in [3.63, 3.8) is 0 Å². The molecular weight excluding hydrogens is 542 g/mol. The van der Waals surface area contributed by atoms with Gasteiger partial charge in [-0.3, -0.25) is 14.4 Å². The van der Waals surface area contributed by atoms with E-state index in [2.05, 4.69) is 10.4 Å². The summed E-state index contributed by atoms with van der Waals surface area (Å²) in [6.07, 6.45) is 0.899. The fourth-order valence-corrected chi connectivity index (χ4v) is 5.78. The Morgan fingerprint density at radius 2 is 1.70 bits per heavy atom. The molecule has 2 aliphatic rings.